The van der Waals surface area contributed by atoms with E-state index in [4.69, 9.17) is 38.7 Å². The van der Waals surface area contributed by atoms with Gasteiger partial charge in [0.15, 0.2) is 0 Å². The highest BCUT2D eigenvalue weighted by Gasteiger charge is 2.44. The number of carbonyl (C=O) groups is 6. The molecule has 16 nitrogen and oxygen atoms in total. The second-order valence-electron chi connectivity index (χ2n) is 11.5. The minimum absolute atomic E-state index is 0.421. The Morgan fingerprint density at radius 2 is 0.857 bits per heavy atom. The largest absolute Gasteiger partial charge is 0.473 e. The first-order valence-corrected chi connectivity index (χ1v) is 13.3. The summed E-state index contributed by atoms with van der Waals surface area (Å²) in [6.07, 6.45) is 0.819. The van der Waals surface area contributed by atoms with Crippen molar-refractivity contribution in [3.63, 3.8) is 0 Å². The van der Waals surface area contributed by atoms with E-state index >= 15 is 0 Å². The lowest BCUT2D eigenvalue weighted by Crippen LogP contribution is -2.60. The van der Waals surface area contributed by atoms with Crippen LogP contribution in [0.25, 0.3) is 0 Å². The number of piperidine rings is 2. The number of hydrogen-bond acceptors (Lipinski definition) is 12. The van der Waals surface area contributed by atoms with Crippen LogP contribution in [0.15, 0.2) is 0 Å². The molecule has 0 aromatic carbocycles. The van der Waals surface area contributed by atoms with Crippen LogP contribution in [0.1, 0.15) is 67.2 Å². The molecule has 16 heteroatoms. The van der Waals surface area contributed by atoms with Crippen molar-refractivity contribution >= 4 is 36.1 Å². The number of hydrogen-bond donors (Lipinski definition) is 6. The standard InChI is InChI=1S/2C12H22N2O4.C2H2O4/c2*1-11(2,3)18-10(16)14-12(9(15)17-4)5-7-13-8-6-12;3-1(4)2(5)6/h2*13H,5-8H2,1-4H3,(H,14,16);(H,3,4)(H,5,6). The Hall–Kier alpha value is -3.66. The molecule has 2 saturated heterocycles. The number of carboxylic acids is 2. The zero-order valence-corrected chi connectivity index (χ0v) is 25.6. The summed E-state index contributed by atoms with van der Waals surface area (Å²) < 4.78 is 19.9. The van der Waals surface area contributed by atoms with E-state index in [1.807, 2.05) is 0 Å². The number of methoxy groups -OCH3 is 2. The summed E-state index contributed by atoms with van der Waals surface area (Å²) in [4.78, 5) is 65.5. The van der Waals surface area contributed by atoms with Gasteiger partial charge >= 0.3 is 36.1 Å². The number of alkyl carbamates (subject to hydrolysis) is 2. The molecular formula is C26H46N4O12. The molecule has 2 aliphatic rings. The Kier molecular flexibility index (Phi) is 15.2. The van der Waals surface area contributed by atoms with Gasteiger partial charge in [-0.2, -0.15) is 0 Å². The van der Waals surface area contributed by atoms with Crippen molar-refractivity contribution in [2.45, 2.75) is 89.5 Å². The summed E-state index contributed by atoms with van der Waals surface area (Å²) in [5.41, 5.74) is -3.12. The Balaban J connectivity index is 0.000000672. The zero-order valence-electron chi connectivity index (χ0n) is 25.6. The van der Waals surface area contributed by atoms with Gasteiger partial charge in [-0.1, -0.05) is 0 Å². The van der Waals surface area contributed by atoms with Crippen LogP contribution in [0.3, 0.4) is 0 Å². The van der Waals surface area contributed by atoms with Gasteiger partial charge in [-0.25, -0.2) is 28.8 Å². The van der Waals surface area contributed by atoms with Crippen LogP contribution in [0.4, 0.5) is 9.59 Å². The number of esters is 2. The van der Waals surface area contributed by atoms with Gasteiger partial charge in [0.25, 0.3) is 0 Å². The van der Waals surface area contributed by atoms with Crippen molar-refractivity contribution < 1.29 is 57.9 Å². The molecule has 2 rings (SSSR count). The monoisotopic (exact) mass is 606 g/mol. The molecule has 2 fully saturated rings. The molecule has 6 N–H and O–H groups in total. The molecule has 0 atom stereocenters. The predicted molar refractivity (Wildman–Crippen MR) is 148 cm³/mol. The molecule has 2 aliphatic heterocycles. The first-order chi connectivity index (χ1) is 19.2. The SMILES string of the molecule is COC(=O)C1(NC(=O)OC(C)(C)C)CCNCC1.COC(=O)C1(NC(=O)OC(C)(C)C)CCNCC1.O=C(O)C(=O)O. The molecule has 42 heavy (non-hydrogen) atoms. The van der Waals surface area contributed by atoms with Gasteiger partial charge in [0.05, 0.1) is 14.2 Å². The van der Waals surface area contributed by atoms with Crippen LogP contribution in [-0.2, 0) is 38.1 Å². The topological polar surface area (TPSA) is 228 Å². The number of nitrogens with one attached hydrogen (secondary N) is 4. The highest BCUT2D eigenvalue weighted by molar-refractivity contribution is 6.27. The molecule has 0 unspecified atom stereocenters. The lowest BCUT2D eigenvalue weighted by Gasteiger charge is -2.36. The highest BCUT2D eigenvalue weighted by Crippen LogP contribution is 2.22. The van der Waals surface area contributed by atoms with Gasteiger partial charge in [0, 0.05) is 0 Å². The maximum absolute atomic E-state index is 11.9. The van der Waals surface area contributed by atoms with Gasteiger partial charge in [0.2, 0.25) is 0 Å². The number of amides is 2. The van der Waals surface area contributed by atoms with Crippen LogP contribution in [-0.4, -0.2) is 109 Å². The van der Waals surface area contributed by atoms with E-state index in [2.05, 4.69) is 21.3 Å². The second kappa shape index (κ2) is 16.7. The number of aliphatic carboxylic acids is 2. The second-order valence-corrected chi connectivity index (χ2v) is 11.5. The fourth-order valence-electron chi connectivity index (χ4n) is 3.86. The third kappa shape index (κ3) is 14.3. The number of carbonyl (C=O) groups excluding carboxylic acids is 4. The quantitative estimate of drug-likeness (QED) is 0.148. The fraction of sp³-hybridized carbons (Fsp3) is 0.769. The minimum atomic E-state index is -1.82. The minimum Gasteiger partial charge on any atom is -0.473 e. The molecule has 0 radical (unpaired) electrons. The van der Waals surface area contributed by atoms with Crippen molar-refractivity contribution in [3.8, 4) is 0 Å². The normalized spacial score (nSPS) is 17.2. The van der Waals surface area contributed by atoms with E-state index < -0.39 is 58.3 Å². The first-order valence-electron chi connectivity index (χ1n) is 13.3. The molecule has 0 aromatic rings. The van der Waals surface area contributed by atoms with E-state index in [1.165, 1.54) is 14.2 Å². The lowest BCUT2D eigenvalue weighted by atomic mass is 9.88. The number of carboxylic acid groups (broad SMARTS) is 2. The lowest BCUT2D eigenvalue weighted by molar-refractivity contribution is -0.159. The fourth-order valence-corrected chi connectivity index (χ4v) is 3.86. The third-order valence-corrected chi connectivity index (χ3v) is 5.73. The molecule has 0 aromatic heterocycles. The Morgan fingerprint density at radius 1 is 0.595 bits per heavy atom. The van der Waals surface area contributed by atoms with Crippen molar-refractivity contribution in [2.24, 2.45) is 0 Å². The van der Waals surface area contributed by atoms with Gasteiger partial charge in [-0.05, 0) is 93.4 Å². The number of rotatable bonds is 4. The number of ether oxygens (including phenoxy) is 4. The van der Waals surface area contributed by atoms with Gasteiger partial charge < -0.3 is 50.4 Å². The molecule has 0 spiro atoms. The average molecular weight is 607 g/mol. The van der Waals surface area contributed by atoms with Crippen LogP contribution < -0.4 is 21.3 Å². The van der Waals surface area contributed by atoms with E-state index in [0.717, 1.165) is 0 Å². The molecule has 2 amide bonds. The Labute approximate surface area is 245 Å². The average Bonchev–Trinajstić information content (AvgIpc) is 2.87. The summed E-state index contributed by atoms with van der Waals surface area (Å²) in [6, 6.07) is 0. The van der Waals surface area contributed by atoms with Crippen molar-refractivity contribution in [1.29, 1.82) is 0 Å². The Morgan fingerprint density at radius 3 is 1.05 bits per heavy atom. The summed E-state index contributed by atoms with van der Waals surface area (Å²) >= 11 is 0. The van der Waals surface area contributed by atoms with Crippen molar-refractivity contribution in [2.75, 3.05) is 40.4 Å². The zero-order chi connectivity index (χ0) is 32.8. The third-order valence-electron chi connectivity index (χ3n) is 5.73. The highest BCUT2D eigenvalue weighted by atomic mass is 16.6. The van der Waals surface area contributed by atoms with E-state index in [1.54, 1.807) is 41.5 Å². The maximum Gasteiger partial charge on any atom is 0.414 e. The van der Waals surface area contributed by atoms with Gasteiger partial charge in [-0.15, -0.1) is 0 Å². The summed E-state index contributed by atoms with van der Waals surface area (Å²) in [6.45, 7) is 13.3. The van der Waals surface area contributed by atoms with Crippen LogP contribution in [0.5, 0.6) is 0 Å². The molecule has 242 valence electrons. The van der Waals surface area contributed by atoms with Crippen LogP contribution >= 0.6 is 0 Å². The Bertz CT molecular complexity index is 868. The van der Waals surface area contributed by atoms with Crippen LogP contribution in [0, 0.1) is 0 Å². The first kappa shape index (κ1) is 38.3. The molecular weight excluding hydrogens is 560 g/mol. The smallest absolute Gasteiger partial charge is 0.414 e. The van der Waals surface area contributed by atoms with E-state index in [-0.39, 0.29) is 0 Å². The van der Waals surface area contributed by atoms with Gasteiger partial charge in [0.1, 0.15) is 22.3 Å². The van der Waals surface area contributed by atoms with Gasteiger partial charge in [-0.3, -0.25) is 0 Å². The van der Waals surface area contributed by atoms with E-state index in [0.29, 0.717) is 51.9 Å². The molecule has 0 saturated carbocycles. The maximum atomic E-state index is 11.9. The van der Waals surface area contributed by atoms with E-state index in [9.17, 15) is 19.2 Å². The van der Waals surface area contributed by atoms with Crippen LogP contribution in [0.2, 0.25) is 0 Å². The predicted octanol–water partition coefficient (Wildman–Crippen LogP) is 0.768. The van der Waals surface area contributed by atoms with Crippen molar-refractivity contribution in [1.82, 2.24) is 21.3 Å². The van der Waals surface area contributed by atoms with Crippen molar-refractivity contribution in [3.05, 3.63) is 0 Å². The molecule has 0 aliphatic carbocycles. The summed E-state index contributed by atoms with van der Waals surface area (Å²) in [5.74, 6) is -4.49. The summed E-state index contributed by atoms with van der Waals surface area (Å²) in [5, 5.41) is 26.4. The summed E-state index contributed by atoms with van der Waals surface area (Å²) in [7, 11) is 2.64. The molecule has 0 bridgehead atoms. The molecule has 2 heterocycles.